The molecule has 0 bridgehead atoms. The summed E-state index contributed by atoms with van der Waals surface area (Å²) in [5, 5.41) is 1.02. The number of carbonyl (C=O) groups is 1. The lowest BCUT2D eigenvalue weighted by Gasteiger charge is -2.03. The molecule has 2 rings (SSSR count). The molecule has 1 heterocycles. The Morgan fingerprint density at radius 3 is 2.93 bits per heavy atom. The highest BCUT2D eigenvalue weighted by molar-refractivity contribution is 5.77. The van der Waals surface area contributed by atoms with E-state index in [-0.39, 0.29) is 6.10 Å². The van der Waals surface area contributed by atoms with Gasteiger partial charge in [0, 0.05) is 5.39 Å². The standard InChI is InChI=1S/C11H10O3/c1-8(13-7-12)11-6-9-4-2-3-5-10(9)14-11/h2-8H,1H3. The van der Waals surface area contributed by atoms with Crippen molar-refractivity contribution in [1.29, 1.82) is 0 Å². The minimum absolute atomic E-state index is 0.333. The third kappa shape index (κ3) is 1.48. The molecule has 1 aromatic carbocycles. The van der Waals surface area contributed by atoms with Crippen molar-refractivity contribution in [3.63, 3.8) is 0 Å². The van der Waals surface area contributed by atoms with Crippen molar-refractivity contribution < 1.29 is 13.9 Å². The third-order valence-electron chi connectivity index (χ3n) is 2.10. The number of fused-ring (bicyclic) bond motifs is 1. The van der Waals surface area contributed by atoms with Crippen molar-refractivity contribution >= 4 is 17.4 Å². The summed E-state index contributed by atoms with van der Waals surface area (Å²) in [7, 11) is 0. The van der Waals surface area contributed by atoms with Gasteiger partial charge < -0.3 is 9.15 Å². The van der Waals surface area contributed by atoms with Crippen LogP contribution in [0.2, 0.25) is 0 Å². The summed E-state index contributed by atoms with van der Waals surface area (Å²) in [5.74, 6) is 0.665. The van der Waals surface area contributed by atoms with E-state index in [1.165, 1.54) is 0 Å². The number of rotatable bonds is 3. The molecule has 0 radical (unpaired) electrons. The third-order valence-corrected chi connectivity index (χ3v) is 2.10. The van der Waals surface area contributed by atoms with Crippen molar-refractivity contribution in [2.75, 3.05) is 0 Å². The van der Waals surface area contributed by atoms with Gasteiger partial charge in [-0.2, -0.15) is 0 Å². The van der Waals surface area contributed by atoms with E-state index in [9.17, 15) is 4.79 Å². The SMILES string of the molecule is CC(OC=O)c1cc2ccccc2o1. The zero-order chi connectivity index (χ0) is 9.97. The van der Waals surface area contributed by atoms with Crippen LogP contribution in [0.3, 0.4) is 0 Å². The van der Waals surface area contributed by atoms with Crippen molar-refractivity contribution in [3.8, 4) is 0 Å². The molecule has 3 nitrogen and oxygen atoms in total. The van der Waals surface area contributed by atoms with Crippen LogP contribution in [0.15, 0.2) is 34.7 Å². The Balaban J connectivity index is 2.39. The lowest BCUT2D eigenvalue weighted by atomic mass is 10.2. The first kappa shape index (κ1) is 8.81. The molecule has 0 aliphatic heterocycles. The molecule has 0 spiro atoms. The molecule has 0 aliphatic rings. The van der Waals surface area contributed by atoms with Gasteiger partial charge in [0.15, 0.2) is 6.10 Å². The number of hydrogen-bond acceptors (Lipinski definition) is 3. The van der Waals surface area contributed by atoms with Gasteiger partial charge in [-0.05, 0) is 19.1 Å². The Morgan fingerprint density at radius 2 is 2.21 bits per heavy atom. The van der Waals surface area contributed by atoms with Gasteiger partial charge in [-0.25, -0.2) is 0 Å². The first-order valence-corrected chi connectivity index (χ1v) is 4.39. The largest absolute Gasteiger partial charge is 0.457 e. The summed E-state index contributed by atoms with van der Waals surface area (Å²) in [4.78, 5) is 10.1. The predicted molar refractivity (Wildman–Crippen MR) is 51.8 cm³/mol. The van der Waals surface area contributed by atoms with E-state index in [0.717, 1.165) is 11.0 Å². The number of ether oxygens (including phenoxy) is 1. The highest BCUT2D eigenvalue weighted by Gasteiger charge is 2.11. The molecular weight excluding hydrogens is 180 g/mol. The maximum absolute atomic E-state index is 10.1. The van der Waals surface area contributed by atoms with Gasteiger partial charge in [0.05, 0.1) is 0 Å². The van der Waals surface area contributed by atoms with E-state index < -0.39 is 0 Å². The normalized spacial score (nSPS) is 12.6. The maximum Gasteiger partial charge on any atom is 0.293 e. The summed E-state index contributed by atoms with van der Waals surface area (Å²) < 4.78 is 10.3. The van der Waals surface area contributed by atoms with Crippen LogP contribution >= 0.6 is 0 Å². The Morgan fingerprint density at radius 1 is 1.43 bits per heavy atom. The molecule has 0 saturated carbocycles. The van der Waals surface area contributed by atoms with E-state index in [1.807, 2.05) is 30.3 Å². The van der Waals surface area contributed by atoms with Crippen molar-refractivity contribution in [1.82, 2.24) is 0 Å². The summed E-state index contributed by atoms with van der Waals surface area (Å²) in [6.45, 7) is 2.20. The zero-order valence-electron chi connectivity index (χ0n) is 7.77. The Hall–Kier alpha value is -1.77. The number of hydrogen-bond donors (Lipinski definition) is 0. The van der Waals surface area contributed by atoms with Crippen LogP contribution in [-0.2, 0) is 9.53 Å². The van der Waals surface area contributed by atoms with Gasteiger partial charge in [0.25, 0.3) is 6.47 Å². The molecule has 0 aliphatic carbocycles. The van der Waals surface area contributed by atoms with Crippen molar-refractivity contribution in [2.24, 2.45) is 0 Å². The van der Waals surface area contributed by atoms with Gasteiger partial charge in [-0.3, -0.25) is 4.79 Å². The summed E-state index contributed by atoms with van der Waals surface area (Å²) in [5.41, 5.74) is 0.809. The molecule has 1 atom stereocenters. The van der Waals surface area contributed by atoms with Gasteiger partial charge in [-0.15, -0.1) is 0 Å². The van der Waals surface area contributed by atoms with Crippen molar-refractivity contribution in [3.05, 3.63) is 36.1 Å². The molecule has 72 valence electrons. The molecule has 0 fully saturated rings. The summed E-state index contributed by atoms with van der Waals surface area (Å²) in [6, 6.07) is 9.56. The van der Waals surface area contributed by atoms with Crippen LogP contribution in [0.4, 0.5) is 0 Å². The Bertz CT molecular complexity index is 411. The van der Waals surface area contributed by atoms with Crippen molar-refractivity contribution in [2.45, 2.75) is 13.0 Å². The highest BCUT2D eigenvalue weighted by Crippen LogP contribution is 2.24. The quantitative estimate of drug-likeness (QED) is 0.698. The van der Waals surface area contributed by atoms with E-state index in [4.69, 9.17) is 9.15 Å². The summed E-state index contributed by atoms with van der Waals surface area (Å²) in [6.07, 6.45) is -0.333. The first-order valence-electron chi connectivity index (χ1n) is 4.39. The van der Waals surface area contributed by atoms with Crippen LogP contribution in [0.25, 0.3) is 11.0 Å². The number of benzene rings is 1. The maximum atomic E-state index is 10.1. The monoisotopic (exact) mass is 190 g/mol. The Labute approximate surface area is 81.3 Å². The van der Waals surface area contributed by atoms with Gasteiger partial charge in [0.2, 0.25) is 0 Å². The molecule has 3 heteroatoms. The average Bonchev–Trinajstić information content (AvgIpc) is 2.61. The lowest BCUT2D eigenvalue weighted by Crippen LogP contribution is -1.95. The number of furan rings is 1. The van der Waals surface area contributed by atoms with E-state index >= 15 is 0 Å². The zero-order valence-corrected chi connectivity index (χ0v) is 7.77. The number of para-hydroxylation sites is 1. The second-order valence-corrected chi connectivity index (χ2v) is 3.06. The fourth-order valence-corrected chi connectivity index (χ4v) is 1.35. The van der Waals surface area contributed by atoms with Gasteiger partial charge >= 0.3 is 0 Å². The van der Waals surface area contributed by atoms with E-state index in [2.05, 4.69) is 0 Å². The lowest BCUT2D eigenvalue weighted by molar-refractivity contribution is -0.133. The van der Waals surface area contributed by atoms with Crippen LogP contribution < -0.4 is 0 Å². The Kier molecular flexibility index (Phi) is 2.23. The molecule has 1 unspecified atom stereocenters. The molecule has 0 saturated heterocycles. The fraction of sp³-hybridized carbons (Fsp3) is 0.182. The molecule has 14 heavy (non-hydrogen) atoms. The minimum atomic E-state index is -0.333. The van der Waals surface area contributed by atoms with Crippen LogP contribution in [0.5, 0.6) is 0 Å². The van der Waals surface area contributed by atoms with E-state index in [1.54, 1.807) is 6.92 Å². The minimum Gasteiger partial charge on any atom is -0.457 e. The highest BCUT2D eigenvalue weighted by atomic mass is 16.5. The van der Waals surface area contributed by atoms with Crippen LogP contribution in [-0.4, -0.2) is 6.47 Å². The second-order valence-electron chi connectivity index (χ2n) is 3.06. The molecular formula is C11H10O3. The van der Waals surface area contributed by atoms with Crippen LogP contribution in [0.1, 0.15) is 18.8 Å². The predicted octanol–water partition coefficient (Wildman–Crippen LogP) is 2.67. The molecule has 1 aromatic heterocycles. The first-order chi connectivity index (χ1) is 6.81. The van der Waals surface area contributed by atoms with Crippen LogP contribution in [0, 0.1) is 0 Å². The second kappa shape index (κ2) is 3.54. The average molecular weight is 190 g/mol. The smallest absolute Gasteiger partial charge is 0.293 e. The van der Waals surface area contributed by atoms with Gasteiger partial charge in [0.1, 0.15) is 11.3 Å². The fourth-order valence-electron chi connectivity index (χ4n) is 1.35. The topological polar surface area (TPSA) is 39.4 Å². The number of carbonyl (C=O) groups excluding carboxylic acids is 1. The molecule has 0 N–H and O–H groups in total. The van der Waals surface area contributed by atoms with E-state index in [0.29, 0.717) is 12.2 Å². The molecule has 0 amide bonds. The van der Waals surface area contributed by atoms with Gasteiger partial charge in [-0.1, -0.05) is 18.2 Å². The summed E-state index contributed by atoms with van der Waals surface area (Å²) >= 11 is 0. The molecule has 2 aromatic rings.